The molecule has 2 rings (SSSR count). The van der Waals surface area contributed by atoms with Crippen molar-refractivity contribution in [2.45, 2.75) is 13.0 Å². The first-order chi connectivity index (χ1) is 12.0. The van der Waals surface area contributed by atoms with E-state index in [-0.39, 0.29) is 24.1 Å². The topological polar surface area (TPSA) is 95.9 Å². The third kappa shape index (κ3) is 4.54. The third-order valence-electron chi connectivity index (χ3n) is 3.67. The summed E-state index contributed by atoms with van der Waals surface area (Å²) in [6, 6.07) is 8.13. The van der Waals surface area contributed by atoms with Gasteiger partial charge in [-0.15, -0.1) is 11.8 Å². The van der Waals surface area contributed by atoms with E-state index < -0.39 is 18.0 Å². The van der Waals surface area contributed by atoms with Crippen molar-refractivity contribution < 1.29 is 24.2 Å². The zero-order valence-corrected chi connectivity index (χ0v) is 14.8. The quantitative estimate of drug-likeness (QED) is 0.719. The molecule has 7 nitrogen and oxygen atoms in total. The number of nitrogens with one attached hydrogen (secondary N) is 1. The summed E-state index contributed by atoms with van der Waals surface area (Å²) in [5, 5.41) is 11.6. The zero-order chi connectivity index (χ0) is 18.4. The van der Waals surface area contributed by atoms with E-state index in [0.29, 0.717) is 11.3 Å². The number of carbonyl (C=O) groups excluding carboxylic acids is 2. The van der Waals surface area contributed by atoms with Crippen LogP contribution >= 0.6 is 11.8 Å². The van der Waals surface area contributed by atoms with Gasteiger partial charge in [0.05, 0.1) is 24.0 Å². The average molecular weight is 364 g/mol. The smallest absolute Gasteiger partial charge is 0.338 e. The Morgan fingerprint density at radius 2 is 2.00 bits per heavy atom. The molecule has 1 atom stereocenters. The second kappa shape index (κ2) is 8.57. The van der Waals surface area contributed by atoms with Crippen LogP contribution in [-0.2, 0) is 14.3 Å². The molecule has 0 unspecified atom stereocenters. The molecule has 1 heterocycles. The van der Waals surface area contributed by atoms with Crippen LogP contribution in [0.3, 0.4) is 0 Å². The van der Waals surface area contributed by atoms with E-state index in [4.69, 9.17) is 9.84 Å². The second-order valence-corrected chi connectivity index (χ2v) is 6.31. The van der Waals surface area contributed by atoms with Crippen molar-refractivity contribution in [1.82, 2.24) is 10.2 Å². The predicted molar refractivity (Wildman–Crippen MR) is 94.1 cm³/mol. The van der Waals surface area contributed by atoms with Crippen molar-refractivity contribution in [3.05, 3.63) is 47.2 Å². The molecule has 0 radical (unpaired) electrons. The van der Waals surface area contributed by atoms with Crippen LogP contribution in [0.25, 0.3) is 0 Å². The third-order valence-corrected chi connectivity index (χ3v) is 4.60. The summed E-state index contributed by atoms with van der Waals surface area (Å²) in [7, 11) is 1.55. The normalized spacial score (nSPS) is 17.3. The molecular formula is C17H20N2O5S. The number of nitrogens with zero attached hydrogens (tertiary/aromatic N) is 1. The molecule has 8 heteroatoms. The van der Waals surface area contributed by atoms with E-state index in [9.17, 15) is 14.4 Å². The Morgan fingerprint density at radius 3 is 2.60 bits per heavy atom. The first kappa shape index (κ1) is 18.9. The predicted octanol–water partition coefficient (Wildman–Crippen LogP) is 2.02. The van der Waals surface area contributed by atoms with E-state index in [1.54, 1.807) is 14.0 Å². The fourth-order valence-corrected chi connectivity index (χ4v) is 3.33. The van der Waals surface area contributed by atoms with Gasteiger partial charge >= 0.3 is 18.0 Å². The number of carboxylic acid groups (broad SMARTS) is 1. The first-order valence-corrected chi connectivity index (χ1v) is 8.90. The summed E-state index contributed by atoms with van der Waals surface area (Å²) in [6.07, 6.45) is 0. The number of urea groups is 1. The van der Waals surface area contributed by atoms with Gasteiger partial charge in [0.1, 0.15) is 0 Å². The van der Waals surface area contributed by atoms with E-state index in [0.717, 1.165) is 17.3 Å². The van der Waals surface area contributed by atoms with E-state index in [2.05, 4.69) is 5.32 Å². The van der Waals surface area contributed by atoms with Crippen LogP contribution < -0.4 is 5.32 Å². The Morgan fingerprint density at radius 1 is 1.32 bits per heavy atom. The number of hydrogen-bond acceptors (Lipinski definition) is 5. The summed E-state index contributed by atoms with van der Waals surface area (Å²) < 4.78 is 5.17. The first-order valence-electron chi connectivity index (χ1n) is 7.74. The summed E-state index contributed by atoms with van der Waals surface area (Å²) in [5.74, 6) is -1.38. The van der Waals surface area contributed by atoms with Crippen molar-refractivity contribution in [2.75, 3.05) is 25.2 Å². The highest BCUT2D eigenvalue weighted by Gasteiger charge is 2.36. The molecular weight excluding hydrogens is 344 g/mol. The van der Waals surface area contributed by atoms with Crippen molar-refractivity contribution in [2.24, 2.45) is 0 Å². The van der Waals surface area contributed by atoms with Crippen molar-refractivity contribution in [3.8, 4) is 0 Å². The Labute approximate surface area is 150 Å². The minimum Gasteiger partial charge on any atom is -0.481 e. The molecule has 1 aliphatic heterocycles. The van der Waals surface area contributed by atoms with Crippen LogP contribution in [0, 0.1) is 0 Å². The fourth-order valence-electron chi connectivity index (χ4n) is 2.51. The highest BCUT2D eigenvalue weighted by Crippen LogP contribution is 2.32. The molecule has 0 saturated carbocycles. The van der Waals surface area contributed by atoms with Gasteiger partial charge in [-0.3, -0.25) is 9.69 Å². The number of carboxylic acids is 1. The lowest BCUT2D eigenvalue weighted by Crippen LogP contribution is -2.47. The molecule has 0 aliphatic carbocycles. The average Bonchev–Trinajstić information content (AvgIpc) is 2.59. The van der Waals surface area contributed by atoms with Crippen molar-refractivity contribution in [1.29, 1.82) is 0 Å². The van der Waals surface area contributed by atoms with Gasteiger partial charge in [0, 0.05) is 18.5 Å². The van der Waals surface area contributed by atoms with E-state index >= 15 is 0 Å². The van der Waals surface area contributed by atoms with Crippen LogP contribution in [0.5, 0.6) is 0 Å². The van der Waals surface area contributed by atoms with Gasteiger partial charge in [-0.2, -0.15) is 0 Å². The summed E-state index contributed by atoms with van der Waals surface area (Å²) in [4.78, 5) is 37.0. The number of carbonyl (C=O) groups is 3. The number of hydrogen-bond donors (Lipinski definition) is 2. The molecule has 0 bridgehead atoms. The number of thioether (sulfide) groups is 1. The molecule has 1 aliphatic rings. The molecule has 25 heavy (non-hydrogen) atoms. The van der Waals surface area contributed by atoms with Crippen LogP contribution in [0.4, 0.5) is 4.79 Å². The maximum atomic E-state index is 12.6. The lowest BCUT2D eigenvalue weighted by Gasteiger charge is -2.34. The van der Waals surface area contributed by atoms with Crippen molar-refractivity contribution >= 4 is 29.7 Å². The number of benzene rings is 1. The minimum atomic E-state index is -0.953. The molecule has 2 amide bonds. The lowest BCUT2D eigenvalue weighted by atomic mass is 9.95. The Bertz CT molecular complexity index is 690. The molecule has 0 saturated heterocycles. The largest absolute Gasteiger partial charge is 0.481 e. The maximum absolute atomic E-state index is 12.6. The monoisotopic (exact) mass is 364 g/mol. The van der Waals surface area contributed by atoms with Gasteiger partial charge in [-0.25, -0.2) is 9.59 Å². The maximum Gasteiger partial charge on any atom is 0.338 e. The number of aliphatic carboxylic acids is 1. The van der Waals surface area contributed by atoms with Gasteiger partial charge < -0.3 is 15.2 Å². The summed E-state index contributed by atoms with van der Waals surface area (Å²) in [6.45, 7) is 1.91. The van der Waals surface area contributed by atoms with Crippen LogP contribution in [0.1, 0.15) is 18.5 Å². The van der Waals surface area contributed by atoms with Gasteiger partial charge in [0.2, 0.25) is 0 Å². The standard InChI is InChI=1S/C17H20N2O5S/c1-3-24-16(22)14-12(9-25-10-13(20)21)19(2)17(23)18-15(14)11-7-5-4-6-8-11/h4-8,15H,3,9-10H2,1-2H3,(H,18,23)(H,20,21)/t15-/m0/s1. The van der Waals surface area contributed by atoms with E-state index in [1.165, 1.54) is 4.90 Å². The molecule has 1 aromatic carbocycles. The Balaban J connectivity index is 2.46. The highest BCUT2D eigenvalue weighted by atomic mass is 32.2. The Hall–Kier alpha value is -2.48. The molecule has 0 spiro atoms. The molecule has 0 aromatic heterocycles. The van der Waals surface area contributed by atoms with Crippen LogP contribution in [-0.4, -0.2) is 53.1 Å². The van der Waals surface area contributed by atoms with Crippen LogP contribution in [0.15, 0.2) is 41.6 Å². The number of amides is 2. The second-order valence-electron chi connectivity index (χ2n) is 5.32. The number of esters is 1. The van der Waals surface area contributed by atoms with Crippen molar-refractivity contribution in [3.63, 3.8) is 0 Å². The number of ether oxygens (including phenoxy) is 1. The SMILES string of the molecule is CCOC(=O)C1=C(CSCC(=O)O)N(C)C(=O)N[C@H]1c1ccccc1. The van der Waals surface area contributed by atoms with E-state index in [1.807, 2.05) is 30.3 Å². The van der Waals surface area contributed by atoms with Gasteiger partial charge in [-0.05, 0) is 12.5 Å². The summed E-state index contributed by atoms with van der Waals surface area (Å²) in [5.41, 5.74) is 1.54. The summed E-state index contributed by atoms with van der Waals surface area (Å²) >= 11 is 1.12. The highest BCUT2D eigenvalue weighted by molar-refractivity contribution is 8.00. The molecule has 2 N–H and O–H groups in total. The minimum absolute atomic E-state index is 0.120. The molecule has 0 fully saturated rings. The van der Waals surface area contributed by atoms with Gasteiger partial charge in [0.25, 0.3) is 0 Å². The van der Waals surface area contributed by atoms with Crippen LogP contribution in [0.2, 0.25) is 0 Å². The number of rotatable bonds is 7. The molecule has 134 valence electrons. The zero-order valence-electron chi connectivity index (χ0n) is 14.0. The lowest BCUT2D eigenvalue weighted by molar-refractivity contribution is -0.139. The van der Waals surface area contributed by atoms with Gasteiger partial charge in [0.15, 0.2) is 0 Å². The molecule has 1 aromatic rings. The Kier molecular flexibility index (Phi) is 6.46. The fraction of sp³-hybridized carbons (Fsp3) is 0.353. The van der Waals surface area contributed by atoms with Gasteiger partial charge in [-0.1, -0.05) is 30.3 Å².